The molecule has 0 aliphatic carbocycles. The molecule has 1 heterocycles. The van der Waals surface area contributed by atoms with Crippen LogP contribution in [0.3, 0.4) is 0 Å². The average molecular weight is 215 g/mol. The number of nitrogens with one attached hydrogen (secondary N) is 1. The van der Waals surface area contributed by atoms with Crippen LogP contribution in [0.25, 0.3) is 0 Å². The summed E-state index contributed by atoms with van der Waals surface area (Å²) in [5, 5.41) is 13.1. The van der Waals surface area contributed by atoms with Gasteiger partial charge in [0.25, 0.3) is 0 Å². The number of aliphatic hydroxyl groups excluding tert-OH is 1. The standard InChI is InChI=1S/C11H25N3O/c1-9-5-10(7-14(9)4)12-6-11(15)8-13(2)3/h9-12,15H,5-8H2,1-4H3. The summed E-state index contributed by atoms with van der Waals surface area (Å²) < 4.78 is 0. The summed E-state index contributed by atoms with van der Waals surface area (Å²) >= 11 is 0. The second-order valence-corrected chi connectivity index (χ2v) is 5.05. The van der Waals surface area contributed by atoms with Gasteiger partial charge in [-0.2, -0.15) is 0 Å². The van der Waals surface area contributed by atoms with Gasteiger partial charge >= 0.3 is 0 Å². The zero-order valence-electron chi connectivity index (χ0n) is 10.4. The van der Waals surface area contributed by atoms with Gasteiger partial charge in [0.2, 0.25) is 0 Å². The Labute approximate surface area is 93.2 Å². The summed E-state index contributed by atoms with van der Waals surface area (Å²) in [6, 6.07) is 1.20. The maximum Gasteiger partial charge on any atom is 0.0791 e. The minimum absolute atomic E-state index is 0.263. The zero-order valence-corrected chi connectivity index (χ0v) is 10.4. The predicted molar refractivity (Wildman–Crippen MR) is 63.1 cm³/mol. The van der Waals surface area contributed by atoms with E-state index in [1.54, 1.807) is 0 Å². The maximum atomic E-state index is 9.69. The Morgan fingerprint density at radius 3 is 2.67 bits per heavy atom. The Morgan fingerprint density at radius 2 is 2.20 bits per heavy atom. The molecule has 1 aliphatic rings. The molecule has 1 fully saturated rings. The first-order valence-electron chi connectivity index (χ1n) is 5.75. The topological polar surface area (TPSA) is 38.7 Å². The molecule has 1 aliphatic heterocycles. The van der Waals surface area contributed by atoms with Crippen molar-refractivity contribution in [2.24, 2.45) is 0 Å². The van der Waals surface area contributed by atoms with Gasteiger partial charge in [-0.15, -0.1) is 0 Å². The van der Waals surface area contributed by atoms with E-state index in [2.05, 4.69) is 24.2 Å². The smallest absolute Gasteiger partial charge is 0.0791 e. The molecule has 15 heavy (non-hydrogen) atoms. The molecular formula is C11H25N3O. The highest BCUT2D eigenvalue weighted by molar-refractivity contribution is 4.85. The van der Waals surface area contributed by atoms with E-state index in [1.165, 1.54) is 6.42 Å². The second-order valence-electron chi connectivity index (χ2n) is 5.05. The van der Waals surface area contributed by atoms with Crippen molar-refractivity contribution < 1.29 is 5.11 Å². The van der Waals surface area contributed by atoms with E-state index in [0.29, 0.717) is 18.6 Å². The third kappa shape index (κ3) is 4.47. The van der Waals surface area contributed by atoms with Gasteiger partial charge in [-0.25, -0.2) is 0 Å². The van der Waals surface area contributed by atoms with Crippen LogP contribution in [0, 0.1) is 0 Å². The number of likely N-dealkylation sites (N-methyl/N-ethyl adjacent to an activating group) is 2. The Morgan fingerprint density at radius 1 is 1.53 bits per heavy atom. The van der Waals surface area contributed by atoms with Crippen molar-refractivity contribution in [1.29, 1.82) is 0 Å². The number of hydrogen-bond acceptors (Lipinski definition) is 4. The monoisotopic (exact) mass is 215 g/mol. The van der Waals surface area contributed by atoms with Crippen LogP contribution in [-0.4, -0.2) is 73.9 Å². The highest BCUT2D eigenvalue weighted by Gasteiger charge is 2.25. The van der Waals surface area contributed by atoms with Crippen LogP contribution in [0.5, 0.6) is 0 Å². The van der Waals surface area contributed by atoms with E-state index >= 15 is 0 Å². The lowest BCUT2D eigenvalue weighted by Gasteiger charge is -2.19. The van der Waals surface area contributed by atoms with Gasteiger partial charge in [0.05, 0.1) is 6.10 Å². The molecule has 2 N–H and O–H groups in total. The lowest BCUT2D eigenvalue weighted by Crippen LogP contribution is -2.40. The van der Waals surface area contributed by atoms with Crippen molar-refractivity contribution >= 4 is 0 Å². The number of aliphatic hydroxyl groups is 1. The normalized spacial score (nSPS) is 30.0. The van der Waals surface area contributed by atoms with E-state index in [9.17, 15) is 5.11 Å². The van der Waals surface area contributed by atoms with Crippen molar-refractivity contribution in [3.63, 3.8) is 0 Å². The fourth-order valence-electron chi connectivity index (χ4n) is 2.13. The molecule has 0 aromatic heterocycles. The number of nitrogens with zero attached hydrogens (tertiary/aromatic N) is 2. The average Bonchev–Trinajstić information content (AvgIpc) is 2.42. The van der Waals surface area contributed by atoms with Crippen LogP contribution >= 0.6 is 0 Å². The van der Waals surface area contributed by atoms with Crippen molar-refractivity contribution in [3.05, 3.63) is 0 Å². The number of likely N-dealkylation sites (tertiary alicyclic amines) is 1. The van der Waals surface area contributed by atoms with Crippen molar-refractivity contribution in [2.45, 2.75) is 31.5 Å². The Kier molecular flexibility index (Phi) is 4.99. The van der Waals surface area contributed by atoms with Gasteiger partial charge in [0.1, 0.15) is 0 Å². The van der Waals surface area contributed by atoms with E-state index < -0.39 is 0 Å². The van der Waals surface area contributed by atoms with Gasteiger partial charge < -0.3 is 20.2 Å². The highest BCUT2D eigenvalue weighted by Crippen LogP contribution is 2.14. The largest absolute Gasteiger partial charge is 0.390 e. The van der Waals surface area contributed by atoms with Gasteiger partial charge in [-0.3, -0.25) is 0 Å². The van der Waals surface area contributed by atoms with Crippen LogP contribution in [0.15, 0.2) is 0 Å². The zero-order chi connectivity index (χ0) is 11.4. The molecule has 3 unspecified atom stereocenters. The van der Waals surface area contributed by atoms with E-state index in [1.807, 2.05) is 19.0 Å². The van der Waals surface area contributed by atoms with Gasteiger partial charge in [-0.1, -0.05) is 0 Å². The van der Waals surface area contributed by atoms with Crippen LogP contribution in [0.2, 0.25) is 0 Å². The fourth-order valence-corrected chi connectivity index (χ4v) is 2.13. The minimum atomic E-state index is -0.263. The molecule has 4 heteroatoms. The first-order chi connectivity index (χ1) is 6.99. The van der Waals surface area contributed by atoms with E-state index in [0.717, 1.165) is 13.1 Å². The molecule has 3 atom stereocenters. The summed E-state index contributed by atoms with van der Waals surface area (Å²) in [5.74, 6) is 0. The first kappa shape index (κ1) is 12.9. The van der Waals surface area contributed by atoms with Crippen molar-refractivity contribution in [2.75, 3.05) is 40.8 Å². The van der Waals surface area contributed by atoms with E-state index in [4.69, 9.17) is 0 Å². The summed E-state index contributed by atoms with van der Waals surface area (Å²) in [5.41, 5.74) is 0. The Hall–Kier alpha value is -0.160. The summed E-state index contributed by atoms with van der Waals surface area (Å²) in [6.45, 7) is 4.77. The molecule has 0 spiro atoms. The molecule has 0 aromatic carbocycles. The lowest BCUT2D eigenvalue weighted by atomic mass is 10.2. The minimum Gasteiger partial charge on any atom is -0.390 e. The molecule has 0 radical (unpaired) electrons. The van der Waals surface area contributed by atoms with Gasteiger partial charge in [-0.05, 0) is 34.5 Å². The molecule has 0 saturated carbocycles. The Balaban J connectivity index is 2.15. The third-order valence-corrected chi connectivity index (χ3v) is 3.10. The van der Waals surface area contributed by atoms with Crippen LogP contribution in [0.4, 0.5) is 0 Å². The summed E-state index contributed by atoms with van der Waals surface area (Å²) in [4.78, 5) is 4.37. The van der Waals surface area contributed by atoms with Crippen LogP contribution < -0.4 is 5.32 Å². The number of rotatable bonds is 5. The van der Waals surface area contributed by atoms with Gasteiger partial charge in [0.15, 0.2) is 0 Å². The van der Waals surface area contributed by atoms with Crippen LogP contribution in [0.1, 0.15) is 13.3 Å². The molecule has 0 aromatic rings. The molecule has 90 valence electrons. The molecule has 0 amide bonds. The van der Waals surface area contributed by atoms with Crippen molar-refractivity contribution in [1.82, 2.24) is 15.1 Å². The highest BCUT2D eigenvalue weighted by atomic mass is 16.3. The second kappa shape index (κ2) is 5.80. The third-order valence-electron chi connectivity index (χ3n) is 3.10. The Bertz CT molecular complexity index is 177. The molecular weight excluding hydrogens is 190 g/mol. The molecule has 0 bridgehead atoms. The summed E-state index contributed by atoms with van der Waals surface area (Å²) in [6.07, 6.45) is 0.923. The lowest BCUT2D eigenvalue weighted by molar-refractivity contribution is 0.131. The SMILES string of the molecule is CC1CC(NCC(O)CN(C)C)CN1C. The maximum absolute atomic E-state index is 9.69. The van der Waals surface area contributed by atoms with E-state index in [-0.39, 0.29) is 6.10 Å². The first-order valence-corrected chi connectivity index (χ1v) is 5.75. The molecule has 1 rings (SSSR count). The number of hydrogen-bond donors (Lipinski definition) is 2. The predicted octanol–water partition coefficient (Wildman–Crippen LogP) is -0.409. The molecule has 4 nitrogen and oxygen atoms in total. The summed E-state index contributed by atoms with van der Waals surface area (Å²) in [7, 11) is 6.12. The van der Waals surface area contributed by atoms with Crippen LogP contribution in [-0.2, 0) is 0 Å². The van der Waals surface area contributed by atoms with Crippen molar-refractivity contribution in [3.8, 4) is 0 Å². The quantitative estimate of drug-likeness (QED) is 0.654. The fraction of sp³-hybridized carbons (Fsp3) is 1.00. The molecule has 1 saturated heterocycles. The van der Waals surface area contributed by atoms with Gasteiger partial charge in [0, 0.05) is 31.7 Å².